The Morgan fingerprint density at radius 3 is 2.53 bits per heavy atom. The Kier molecular flexibility index (Phi) is 3.85. The van der Waals surface area contributed by atoms with Crippen molar-refractivity contribution in [2.75, 3.05) is 18.0 Å². The van der Waals surface area contributed by atoms with Crippen molar-refractivity contribution in [1.29, 1.82) is 5.26 Å². The molecule has 0 N–H and O–H groups in total. The number of rotatable bonds is 1. The molecule has 2 nitrogen and oxygen atoms in total. The minimum absolute atomic E-state index is 0.0179. The van der Waals surface area contributed by atoms with E-state index in [1.807, 2.05) is 11.0 Å². The molecular weight excluding hydrogens is 321 g/mol. The summed E-state index contributed by atoms with van der Waals surface area (Å²) in [6.07, 6.45) is -3.03. The second kappa shape index (κ2) is 5.25. The molecule has 0 amide bonds. The molecule has 1 aromatic rings. The van der Waals surface area contributed by atoms with Crippen LogP contribution in [0.5, 0.6) is 0 Å². The van der Waals surface area contributed by atoms with Gasteiger partial charge in [-0.2, -0.15) is 18.4 Å². The number of nitriles is 1. The van der Waals surface area contributed by atoms with Crippen molar-refractivity contribution in [2.24, 2.45) is 0 Å². The van der Waals surface area contributed by atoms with E-state index in [2.05, 4.69) is 15.9 Å². The van der Waals surface area contributed by atoms with Crippen LogP contribution in [0.3, 0.4) is 0 Å². The molecule has 0 saturated heterocycles. The highest BCUT2D eigenvalue weighted by atomic mass is 79.9. The fourth-order valence-electron chi connectivity index (χ4n) is 1.98. The maximum absolute atomic E-state index is 12.5. The molecule has 19 heavy (non-hydrogen) atoms. The molecule has 0 bridgehead atoms. The number of halogens is 4. The van der Waals surface area contributed by atoms with E-state index in [-0.39, 0.29) is 13.0 Å². The highest BCUT2D eigenvalue weighted by Crippen LogP contribution is 2.34. The molecule has 1 aliphatic heterocycles. The summed E-state index contributed by atoms with van der Waals surface area (Å²) < 4.78 is 38.3. The molecule has 0 radical (unpaired) electrons. The Labute approximate surface area is 117 Å². The third kappa shape index (κ3) is 3.10. The van der Waals surface area contributed by atoms with E-state index in [0.717, 1.165) is 10.2 Å². The molecule has 0 unspecified atom stereocenters. The molecule has 0 atom stereocenters. The van der Waals surface area contributed by atoms with Crippen LogP contribution in [0, 0.1) is 11.3 Å². The zero-order valence-electron chi connectivity index (χ0n) is 9.84. The minimum atomic E-state index is -4.23. The lowest BCUT2D eigenvalue weighted by atomic mass is 10.1. The van der Waals surface area contributed by atoms with Crippen molar-refractivity contribution in [3.63, 3.8) is 0 Å². The Bertz CT molecular complexity index is 558. The van der Waals surface area contributed by atoms with Crippen LogP contribution in [-0.4, -0.2) is 19.3 Å². The predicted octanol–water partition coefficient (Wildman–Crippen LogP) is 4.02. The fraction of sp³-hybridized carbons (Fsp3) is 0.308. The highest BCUT2D eigenvalue weighted by molar-refractivity contribution is 9.10. The highest BCUT2D eigenvalue weighted by Gasteiger charge is 2.34. The SMILES string of the molecule is N#Cc1ccc(N2CC=C(C(F)(F)F)CC2)c(Br)c1. The van der Waals surface area contributed by atoms with Gasteiger partial charge >= 0.3 is 6.18 Å². The first-order valence-corrected chi connectivity index (χ1v) is 6.42. The van der Waals surface area contributed by atoms with Crippen LogP contribution in [0.4, 0.5) is 18.9 Å². The van der Waals surface area contributed by atoms with Crippen LogP contribution in [0.1, 0.15) is 12.0 Å². The molecule has 2 rings (SSSR count). The molecule has 0 fully saturated rings. The van der Waals surface area contributed by atoms with E-state index in [1.54, 1.807) is 18.2 Å². The quantitative estimate of drug-likeness (QED) is 0.727. The number of hydrogen-bond acceptors (Lipinski definition) is 2. The summed E-state index contributed by atoms with van der Waals surface area (Å²) in [7, 11) is 0. The Morgan fingerprint density at radius 1 is 1.32 bits per heavy atom. The summed E-state index contributed by atoms with van der Waals surface area (Å²) in [6, 6.07) is 7.08. The second-order valence-corrected chi connectivity index (χ2v) is 5.06. The van der Waals surface area contributed by atoms with E-state index >= 15 is 0 Å². The van der Waals surface area contributed by atoms with Crippen LogP contribution in [0.2, 0.25) is 0 Å². The van der Waals surface area contributed by atoms with Crippen molar-refractivity contribution < 1.29 is 13.2 Å². The van der Waals surface area contributed by atoms with Gasteiger partial charge < -0.3 is 4.90 Å². The van der Waals surface area contributed by atoms with Crippen LogP contribution >= 0.6 is 15.9 Å². The van der Waals surface area contributed by atoms with E-state index < -0.39 is 11.7 Å². The van der Waals surface area contributed by atoms with Crippen molar-refractivity contribution in [3.8, 4) is 6.07 Å². The van der Waals surface area contributed by atoms with E-state index in [0.29, 0.717) is 12.1 Å². The summed E-state index contributed by atoms with van der Waals surface area (Å²) in [5.74, 6) is 0. The van der Waals surface area contributed by atoms with Crippen molar-refractivity contribution in [3.05, 3.63) is 39.9 Å². The minimum Gasteiger partial charge on any atom is -0.367 e. The van der Waals surface area contributed by atoms with Crippen molar-refractivity contribution >= 4 is 21.6 Å². The summed E-state index contributed by atoms with van der Waals surface area (Å²) in [6.45, 7) is 0.537. The summed E-state index contributed by atoms with van der Waals surface area (Å²) in [4.78, 5) is 1.85. The number of hydrogen-bond donors (Lipinski definition) is 0. The zero-order chi connectivity index (χ0) is 14.0. The average molecular weight is 331 g/mol. The lowest BCUT2D eigenvalue weighted by Gasteiger charge is -2.29. The maximum atomic E-state index is 12.5. The first-order valence-electron chi connectivity index (χ1n) is 5.62. The summed E-state index contributed by atoms with van der Waals surface area (Å²) in [5.41, 5.74) is 0.851. The lowest BCUT2D eigenvalue weighted by Crippen LogP contribution is -2.32. The molecule has 1 aromatic carbocycles. The molecule has 1 heterocycles. The van der Waals surface area contributed by atoms with Gasteiger partial charge in [0.2, 0.25) is 0 Å². The van der Waals surface area contributed by atoms with E-state index in [9.17, 15) is 13.2 Å². The largest absolute Gasteiger partial charge is 0.412 e. The van der Waals surface area contributed by atoms with Gasteiger partial charge in [-0.15, -0.1) is 0 Å². The van der Waals surface area contributed by atoms with E-state index in [4.69, 9.17) is 5.26 Å². The molecule has 0 aliphatic carbocycles. The summed E-state index contributed by atoms with van der Waals surface area (Å²) in [5, 5.41) is 8.77. The normalized spacial score (nSPS) is 15.9. The molecule has 0 saturated carbocycles. The van der Waals surface area contributed by atoms with Gasteiger partial charge in [0.15, 0.2) is 0 Å². The maximum Gasteiger partial charge on any atom is 0.412 e. The molecule has 6 heteroatoms. The fourth-order valence-corrected chi connectivity index (χ4v) is 2.61. The average Bonchev–Trinajstić information content (AvgIpc) is 2.37. The Balaban J connectivity index is 2.19. The van der Waals surface area contributed by atoms with E-state index in [1.165, 1.54) is 6.08 Å². The monoisotopic (exact) mass is 330 g/mol. The second-order valence-electron chi connectivity index (χ2n) is 4.20. The molecule has 0 spiro atoms. The standard InChI is InChI=1S/C13H10BrF3N2/c14-11-7-9(8-18)1-2-12(11)19-5-3-10(4-6-19)13(15,16)17/h1-3,7H,4-6H2. The van der Waals surface area contributed by atoms with Gasteiger partial charge in [-0.25, -0.2) is 0 Å². The molecule has 0 aromatic heterocycles. The Hall–Kier alpha value is -1.48. The predicted molar refractivity (Wildman–Crippen MR) is 69.8 cm³/mol. The van der Waals surface area contributed by atoms with Crippen LogP contribution in [0.25, 0.3) is 0 Å². The number of alkyl halides is 3. The smallest absolute Gasteiger partial charge is 0.367 e. The van der Waals surface area contributed by atoms with Crippen LogP contribution < -0.4 is 4.90 Å². The van der Waals surface area contributed by atoms with Gasteiger partial charge in [-0.1, -0.05) is 6.08 Å². The van der Waals surface area contributed by atoms with Gasteiger partial charge in [0.05, 0.1) is 17.3 Å². The number of anilines is 1. The van der Waals surface area contributed by atoms with Gasteiger partial charge in [-0.05, 0) is 40.5 Å². The van der Waals surface area contributed by atoms with Gasteiger partial charge in [-0.3, -0.25) is 0 Å². The van der Waals surface area contributed by atoms with Crippen molar-refractivity contribution in [2.45, 2.75) is 12.6 Å². The van der Waals surface area contributed by atoms with Crippen LogP contribution in [-0.2, 0) is 0 Å². The third-order valence-corrected chi connectivity index (χ3v) is 3.63. The first kappa shape index (κ1) is 13.9. The zero-order valence-corrected chi connectivity index (χ0v) is 11.4. The molecular formula is C13H10BrF3N2. The van der Waals surface area contributed by atoms with Gasteiger partial charge in [0.25, 0.3) is 0 Å². The third-order valence-electron chi connectivity index (χ3n) is 2.99. The topological polar surface area (TPSA) is 27.0 Å². The van der Waals surface area contributed by atoms with Gasteiger partial charge in [0.1, 0.15) is 0 Å². The molecule has 1 aliphatic rings. The first-order chi connectivity index (χ1) is 8.91. The van der Waals surface area contributed by atoms with Gasteiger partial charge in [0, 0.05) is 23.1 Å². The summed E-state index contributed by atoms with van der Waals surface area (Å²) >= 11 is 3.34. The number of benzene rings is 1. The van der Waals surface area contributed by atoms with Crippen LogP contribution in [0.15, 0.2) is 34.3 Å². The number of nitrogens with zero attached hydrogens (tertiary/aromatic N) is 2. The molecule has 100 valence electrons. The Morgan fingerprint density at radius 2 is 2.05 bits per heavy atom. The van der Waals surface area contributed by atoms with Crippen molar-refractivity contribution in [1.82, 2.24) is 0 Å². The lowest BCUT2D eigenvalue weighted by molar-refractivity contribution is -0.0943.